The first kappa shape index (κ1) is 82.4. The second-order valence-electron chi connectivity index (χ2n) is 35.6. The average molecular weight is 1750 g/mol. The van der Waals surface area contributed by atoms with Crippen LogP contribution in [0.1, 0.15) is 69.5 Å². The number of fused-ring (bicyclic) bond motifs is 16. The van der Waals surface area contributed by atoms with Crippen molar-refractivity contribution in [3.05, 3.63) is 547 Å². The van der Waals surface area contributed by atoms with E-state index in [0.29, 0.717) is 52.4 Å². The predicted octanol–water partition coefficient (Wildman–Crippen LogP) is 30.6. The highest BCUT2D eigenvalue weighted by Gasteiger charge is 2.53. The molecular weight excluding hydrogens is 1660 g/mol. The SMILES string of the molecule is CC1(C)c2ccccc2-c2c(-c3nc(-c4ccccc4)nc(-c4ccc(-c5ccccc5)cc4)n3)cccc21.c1ccc(-c2ccc(-c3nc(-c4ccccc4)nc(-c4cccc5c4-c4ccccc4C5(c4ccccc4)c4ccccc4)n3)cc2)cc1.c1ccc(-c2ccc(-c3nc(-c4ccccc4)nc(-c4cccc5c4-c4ccccc4C54c5ccccc5-c5ccccc54)n3)cc2)cc1. The van der Waals surface area contributed by atoms with Crippen LogP contribution in [-0.2, 0) is 16.2 Å². The molecule has 0 amide bonds. The van der Waals surface area contributed by atoms with Gasteiger partial charge in [0.25, 0.3) is 0 Å². The van der Waals surface area contributed by atoms with Crippen LogP contribution >= 0.6 is 0 Å². The lowest BCUT2D eigenvalue weighted by Gasteiger charge is -2.33. The maximum absolute atomic E-state index is 5.23. The van der Waals surface area contributed by atoms with Gasteiger partial charge in [-0.3, -0.25) is 0 Å². The van der Waals surface area contributed by atoms with Gasteiger partial charge in [0.1, 0.15) is 0 Å². The molecule has 0 atom stereocenters. The molecule has 0 bridgehead atoms. The lowest BCUT2D eigenvalue weighted by Crippen LogP contribution is -2.28. The maximum atomic E-state index is 5.23. The zero-order chi connectivity index (χ0) is 91.4. The molecule has 0 saturated carbocycles. The highest BCUT2D eigenvalue weighted by molar-refractivity contribution is 6.01. The summed E-state index contributed by atoms with van der Waals surface area (Å²) < 4.78 is 0. The van der Waals surface area contributed by atoms with E-state index in [4.69, 9.17) is 44.9 Å². The lowest BCUT2D eigenvalue weighted by molar-refractivity contribution is 0.660. The van der Waals surface area contributed by atoms with E-state index in [1.54, 1.807) is 0 Å². The number of nitrogens with zero attached hydrogens (tertiary/aromatic N) is 9. The third-order valence-corrected chi connectivity index (χ3v) is 27.6. The van der Waals surface area contributed by atoms with E-state index < -0.39 is 10.8 Å². The largest absolute Gasteiger partial charge is 0.208 e. The van der Waals surface area contributed by atoms with E-state index >= 15 is 0 Å². The smallest absolute Gasteiger partial charge is 0.164 e. The summed E-state index contributed by atoms with van der Waals surface area (Å²) in [6.45, 7) is 4.59. The summed E-state index contributed by atoms with van der Waals surface area (Å²) in [6, 6.07) is 173. The van der Waals surface area contributed by atoms with Crippen LogP contribution in [0.3, 0.4) is 0 Å². The summed E-state index contributed by atoms with van der Waals surface area (Å²) in [4.78, 5) is 46.0. The molecule has 4 aliphatic rings. The zero-order valence-corrected chi connectivity index (χ0v) is 75.3. The summed E-state index contributed by atoms with van der Waals surface area (Å²) >= 11 is 0. The summed E-state index contributed by atoms with van der Waals surface area (Å²) in [5.41, 5.74) is 37.3. The molecule has 1 spiro atoms. The third-order valence-electron chi connectivity index (χ3n) is 27.6. The fourth-order valence-electron chi connectivity index (χ4n) is 21.3. The quantitative estimate of drug-likeness (QED) is 0.105. The average Bonchev–Trinajstić information content (AvgIpc) is 1.51. The van der Waals surface area contributed by atoms with E-state index in [1.165, 1.54) is 111 Å². The first-order valence-corrected chi connectivity index (χ1v) is 46.6. The number of hydrogen-bond acceptors (Lipinski definition) is 9. The van der Waals surface area contributed by atoms with Gasteiger partial charge in [-0.1, -0.05) is 505 Å². The Balaban J connectivity index is 0.000000113. The predicted molar refractivity (Wildman–Crippen MR) is 556 cm³/mol. The summed E-state index contributed by atoms with van der Waals surface area (Å²) in [5, 5.41) is 0. The van der Waals surface area contributed by atoms with Crippen molar-refractivity contribution < 1.29 is 0 Å². The second-order valence-corrected chi connectivity index (χ2v) is 35.6. The molecule has 19 aromatic carbocycles. The van der Waals surface area contributed by atoms with Crippen molar-refractivity contribution >= 4 is 0 Å². The molecule has 3 aromatic heterocycles. The molecule has 3 heterocycles. The van der Waals surface area contributed by atoms with Crippen molar-refractivity contribution in [1.82, 2.24) is 44.9 Å². The van der Waals surface area contributed by atoms with E-state index in [2.05, 4.69) is 432 Å². The number of benzene rings is 19. The van der Waals surface area contributed by atoms with E-state index in [-0.39, 0.29) is 5.41 Å². The van der Waals surface area contributed by atoms with Crippen molar-refractivity contribution in [2.45, 2.75) is 30.1 Å². The first-order valence-electron chi connectivity index (χ1n) is 46.6. The van der Waals surface area contributed by atoms with Crippen molar-refractivity contribution in [3.63, 3.8) is 0 Å². The summed E-state index contributed by atoms with van der Waals surface area (Å²) in [5.74, 6) is 5.95. The lowest BCUT2D eigenvalue weighted by atomic mass is 9.67. The monoisotopic (exact) mass is 1750 g/mol. The number of rotatable bonds is 14. The maximum Gasteiger partial charge on any atom is 0.164 e. The highest BCUT2D eigenvalue weighted by Crippen LogP contribution is 2.65. The van der Waals surface area contributed by atoms with Gasteiger partial charge in [-0.2, -0.15) is 0 Å². The second kappa shape index (κ2) is 34.7. The van der Waals surface area contributed by atoms with E-state index in [9.17, 15) is 0 Å². The fourth-order valence-corrected chi connectivity index (χ4v) is 21.3. The molecule has 0 saturated heterocycles. The Morgan fingerprint density at radius 2 is 0.307 bits per heavy atom. The molecule has 9 nitrogen and oxygen atoms in total. The summed E-state index contributed by atoms with van der Waals surface area (Å²) in [6.07, 6.45) is 0. The van der Waals surface area contributed by atoms with Gasteiger partial charge < -0.3 is 0 Å². The molecule has 0 radical (unpaired) electrons. The van der Waals surface area contributed by atoms with Gasteiger partial charge in [0, 0.05) is 55.5 Å². The molecule has 137 heavy (non-hydrogen) atoms. The molecule has 0 unspecified atom stereocenters. The minimum absolute atomic E-state index is 0.0900. The van der Waals surface area contributed by atoms with Gasteiger partial charge in [0.05, 0.1) is 10.8 Å². The minimum Gasteiger partial charge on any atom is -0.208 e. The standard InChI is InChI=1S/C46H29N3.C46H31N3.C36H27N3/c1-3-14-30(15-4-1)31-26-28-33(29-27-31)44-47-43(32-16-5-2-6-17-32)48-45(49-44)37-21-13-25-41-42(37)36-20-9-12-24-40(36)46(41)38-22-10-7-18-34(38)35-19-8-11-23-39(35)46;1-5-16-32(17-6-1)33-28-30-35(31-29-33)44-47-43(34-18-7-2-8-19-34)48-45(49-44)39-25-15-27-41-42(39)38-24-13-14-26-40(38)46(41,36-20-9-3-10-21-36)37-22-11-4-12-23-37;1-36(2)30-18-10-9-16-28(30)32-29(17-11-19-31(32)36)35-38-33(26-14-7-4-8-15-26)37-34(39-35)27-22-20-25(21-23-27)24-12-5-3-6-13-24/h1-29H;1-31H;3-23H,1-2H3. The number of hydrogen-bond donors (Lipinski definition) is 0. The van der Waals surface area contributed by atoms with Gasteiger partial charge in [-0.05, 0) is 134 Å². The first-order chi connectivity index (χ1) is 67.7. The van der Waals surface area contributed by atoms with Crippen LogP contribution in [0.5, 0.6) is 0 Å². The molecule has 0 fully saturated rings. The molecule has 0 aliphatic heterocycles. The molecule has 4 aliphatic carbocycles. The van der Waals surface area contributed by atoms with Gasteiger partial charge in [0.15, 0.2) is 52.4 Å². The third kappa shape index (κ3) is 14.4. The van der Waals surface area contributed by atoms with E-state index in [0.717, 1.165) is 72.3 Å². The molecule has 644 valence electrons. The van der Waals surface area contributed by atoms with Gasteiger partial charge in [-0.25, -0.2) is 44.9 Å². The zero-order valence-electron chi connectivity index (χ0n) is 75.3. The van der Waals surface area contributed by atoms with Crippen LogP contribution in [0.4, 0.5) is 0 Å². The van der Waals surface area contributed by atoms with Crippen molar-refractivity contribution in [1.29, 1.82) is 0 Å². The van der Waals surface area contributed by atoms with Crippen LogP contribution in [0, 0.1) is 0 Å². The Labute approximate surface area is 796 Å². The van der Waals surface area contributed by atoms with Crippen LogP contribution in [-0.4, -0.2) is 44.9 Å². The number of aromatic nitrogens is 9. The molecule has 9 heteroatoms. The van der Waals surface area contributed by atoms with E-state index in [1.807, 2.05) is 72.8 Å². The molecule has 22 aromatic rings. The topological polar surface area (TPSA) is 116 Å². The van der Waals surface area contributed by atoms with Crippen molar-refractivity contribution in [2.24, 2.45) is 0 Å². The molecule has 26 rings (SSSR count). The van der Waals surface area contributed by atoms with Crippen molar-refractivity contribution in [3.8, 4) is 180 Å². The normalized spacial score (nSPS) is 12.9. The van der Waals surface area contributed by atoms with Crippen LogP contribution in [0.25, 0.3) is 180 Å². The molecule has 0 N–H and O–H groups in total. The Morgan fingerprint density at radius 3 is 0.620 bits per heavy atom. The van der Waals surface area contributed by atoms with Crippen LogP contribution in [0.15, 0.2) is 491 Å². The Hall–Kier alpha value is -17.8. The van der Waals surface area contributed by atoms with Gasteiger partial charge in [0.2, 0.25) is 0 Å². The highest BCUT2D eigenvalue weighted by atomic mass is 15.1. The Kier molecular flexibility index (Phi) is 20.9. The van der Waals surface area contributed by atoms with Crippen LogP contribution < -0.4 is 0 Å². The fraction of sp³-hybridized carbons (Fsp3) is 0.0391. The Bertz CT molecular complexity index is 7940. The van der Waals surface area contributed by atoms with Gasteiger partial charge in [-0.15, -0.1) is 0 Å². The van der Waals surface area contributed by atoms with Crippen LogP contribution in [0.2, 0.25) is 0 Å². The Morgan fingerprint density at radius 1 is 0.124 bits per heavy atom. The minimum atomic E-state index is -0.504. The molecular formula is C128H87N9. The summed E-state index contributed by atoms with van der Waals surface area (Å²) in [7, 11) is 0. The van der Waals surface area contributed by atoms with Gasteiger partial charge >= 0.3 is 0 Å². The van der Waals surface area contributed by atoms with Crippen molar-refractivity contribution in [2.75, 3.05) is 0 Å².